The van der Waals surface area contributed by atoms with E-state index >= 15 is 0 Å². The Morgan fingerprint density at radius 3 is 2.60 bits per heavy atom. The molecule has 0 atom stereocenters. The van der Waals surface area contributed by atoms with Crippen molar-refractivity contribution in [3.8, 4) is 5.82 Å². The fraction of sp³-hybridized carbons (Fsp3) is 0. The lowest BCUT2D eigenvalue weighted by Gasteiger charge is -1.98. The van der Waals surface area contributed by atoms with Crippen molar-refractivity contribution < 1.29 is 4.79 Å². The van der Waals surface area contributed by atoms with Gasteiger partial charge < -0.3 is 11.5 Å². The van der Waals surface area contributed by atoms with E-state index in [4.69, 9.17) is 11.5 Å². The number of amides is 1. The molecule has 4 N–H and O–H groups in total. The lowest BCUT2D eigenvalue weighted by atomic mass is 10.4. The predicted octanol–water partition coefficient (Wildman–Crippen LogP) is -0.657. The lowest BCUT2D eigenvalue weighted by Crippen LogP contribution is -2.12. The van der Waals surface area contributed by atoms with Crippen molar-refractivity contribution in [3.63, 3.8) is 0 Å². The highest BCUT2D eigenvalue weighted by Crippen LogP contribution is 2.04. The van der Waals surface area contributed by atoms with Crippen LogP contribution in [0.25, 0.3) is 5.82 Å². The number of primary amides is 1. The highest BCUT2D eigenvalue weighted by Gasteiger charge is 2.06. The van der Waals surface area contributed by atoms with Gasteiger partial charge in [0.15, 0.2) is 5.82 Å². The van der Waals surface area contributed by atoms with Gasteiger partial charge in [0.2, 0.25) is 0 Å². The first-order valence-corrected chi connectivity index (χ1v) is 4.12. The van der Waals surface area contributed by atoms with Crippen molar-refractivity contribution in [2.75, 3.05) is 5.73 Å². The number of carbonyl (C=O) groups excluding carboxylic acids is 1. The predicted molar refractivity (Wildman–Crippen MR) is 52.1 cm³/mol. The molecule has 0 unspecified atom stereocenters. The molecule has 76 valence electrons. The van der Waals surface area contributed by atoms with Crippen LogP contribution in [0.2, 0.25) is 0 Å². The summed E-state index contributed by atoms with van der Waals surface area (Å²) in [7, 11) is 0. The molecule has 0 saturated heterocycles. The third kappa shape index (κ3) is 1.75. The normalized spacial score (nSPS) is 10.1. The van der Waals surface area contributed by atoms with E-state index in [9.17, 15) is 4.79 Å². The first-order chi connectivity index (χ1) is 7.16. The maximum absolute atomic E-state index is 10.8. The Morgan fingerprint density at radius 1 is 1.27 bits per heavy atom. The first kappa shape index (κ1) is 9.13. The Morgan fingerprint density at radius 2 is 2.07 bits per heavy atom. The van der Waals surface area contributed by atoms with E-state index in [1.807, 2.05) is 0 Å². The molecular weight excluding hydrogens is 196 g/mol. The molecule has 0 fully saturated rings. The summed E-state index contributed by atoms with van der Waals surface area (Å²) < 4.78 is 1.40. The molecule has 0 aromatic carbocycles. The van der Waals surface area contributed by atoms with Crippen LogP contribution in [-0.2, 0) is 0 Å². The average Bonchev–Trinajstić information content (AvgIpc) is 2.68. The van der Waals surface area contributed by atoms with Crippen LogP contribution >= 0.6 is 0 Å². The summed E-state index contributed by atoms with van der Waals surface area (Å²) in [6.07, 6.45) is 1.57. The molecule has 0 aliphatic rings. The fourth-order valence-corrected chi connectivity index (χ4v) is 1.04. The minimum atomic E-state index is -0.586. The summed E-state index contributed by atoms with van der Waals surface area (Å²) in [4.78, 5) is 10.8. The number of carbonyl (C=O) groups is 1. The number of nitrogen functional groups attached to an aromatic ring is 1. The number of nitrogens with two attached hydrogens (primary N) is 2. The molecule has 0 radical (unpaired) electrons. The first-order valence-electron chi connectivity index (χ1n) is 4.12. The van der Waals surface area contributed by atoms with Crippen LogP contribution in [0.3, 0.4) is 0 Å². The zero-order valence-electron chi connectivity index (χ0n) is 7.66. The second-order valence-electron chi connectivity index (χ2n) is 2.83. The molecule has 0 aliphatic carbocycles. The van der Waals surface area contributed by atoms with Crippen molar-refractivity contribution in [1.29, 1.82) is 0 Å². The summed E-state index contributed by atoms with van der Waals surface area (Å²) in [6.45, 7) is 0. The van der Waals surface area contributed by atoms with Crippen molar-refractivity contribution in [3.05, 3.63) is 30.1 Å². The number of nitrogens with zero attached hydrogens (tertiary/aromatic N) is 4. The Hall–Kier alpha value is -2.44. The highest BCUT2D eigenvalue weighted by molar-refractivity contribution is 5.90. The van der Waals surface area contributed by atoms with Crippen molar-refractivity contribution in [2.24, 2.45) is 5.73 Å². The fourth-order valence-electron chi connectivity index (χ4n) is 1.04. The molecule has 7 heteroatoms. The number of rotatable bonds is 2. The Balaban J connectivity index is 2.37. The van der Waals surface area contributed by atoms with Crippen molar-refractivity contribution in [1.82, 2.24) is 20.0 Å². The molecular formula is C8H8N6O. The van der Waals surface area contributed by atoms with Gasteiger partial charge in [0.05, 0.1) is 0 Å². The van der Waals surface area contributed by atoms with Gasteiger partial charge >= 0.3 is 0 Å². The van der Waals surface area contributed by atoms with Gasteiger partial charge in [-0.15, -0.1) is 10.2 Å². The van der Waals surface area contributed by atoms with E-state index in [-0.39, 0.29) is 5.69 Å². The summed E-state index contributed by atoms with van der Waals surface area (Å²) >= 11 is 0. The van der Waals surface area contributed by atoms with E-state index in [1.165, 1.54) is 10.7 Å². The topological polar surface area (TPSA) is 113 Å². The third-order valence-corrected chi connectivity index (χ3v) is 1.75. The van der Waals surface area contributed by atoms with Gasteiger partial charge in [0.1, 0.15) is 11.5 Å². The van der Waals surface area contributed by atoms with E-state index in [2.05, 4.69) is 15.3 Å². The molecule has 0 aliphatic heterocycles. The van der Waals surface area contributed by atoms with Gasteiger partial charge in [-0.05, 0) is 18.2 Å². The number of hydrogen-bond acceptors (Lipinski definition) is 5. The molecule has 0 bridgehead atoms. The highest BCUT2D eigenvalue weighted by atomic mass is 16.1. The largest absolute Gasteiger partial charge is 0.382 e. The van der Waals surface area contributed by atoms with E-state index in [0.717, 1.165) is 0 Å². The third-order valence-electron chi connectivity index (χ3n) is 1.75. The standard InChI is InChI=1S/C8H8N6O/c9-6-1-2-7(12-11-6)14-4-3-5(13-14)8(10)15/h1-4H,(H2,9,11)(H2,10,15). The van der Waals surface area contributed by atoms with Crippen LogP contribution in [0.1, 0.15) is 10.5 Å². The van der Waals surface area contributed by atoms with Crippen LogP contribution < -0.4 is 11.5 Å². The van der Waals surface area contributed by atoms with Gasteiger partial charge in [-0.25, -0.2) is 4.68 Å². The Labute approximate surface area is 84.7 Å². The molecule has 7 nitrogen and oxygen atoms in total. The molecule has 2 aromatic rings. The second kappa shape index (κ2) is 3.37. The smallest absolute Gasteiger partial charge is 0.269 e. The van der Waals surface area contributed by atoms with Gasteiger partial charge in [-0.1, -0.05) is 0 Å². The summed E-state index contributed by atoms with van der Waals surface area (Å²) in [6, 6.07) is 4.73. The zero-order valence-corrected chi connectivity index (χ0v) is 7.66. The molecule has 0 spiro atoms. The maximum atomic E-state index is 10.8. The van der Waals surface area contributed by atoms with Crippen LogP contribution in [0.5, 0.6) is 0 Å². The van der Waals surface area contributed by atoms with Crippen molar-refractivity contribution >= 4 is 11.7 Å². The molecule has 2 rings (SSSR count). The molecule has 0 saturated carbocycles. The van der Waals surface area contributed by atoms with Crippen LogP contribution in [0.15, 0.2) is 24.4 Å². The Bertz CT molecular complexity index is 488. The van der Waals surface area contributed by atoms with Gasteiger partial charge in [0.25, 0.3) is 5.91 Å². The van der Waals surface area contributed by atoms with Gasteiger partial charge in [-0.3, -0.25) is 4.79 Å². The second-order valence-corrected chi connectivity index (χ2v) is 2.83. The number of hydrogen-bond donors (Lipinski definition) is 2. The van der Waals surface area contributed by atoms with E-state index in [0.29, 0.717) is 11.6 Å². The minimum absolute atomic E-state index is 0.175. The molecule has 1 amide bonds. The van der Waals surface area contributed by atoms with Crippen LogP contribution in [0.4, 0.5) is 5.82 Å². The quantitative estimate of drug-likeness (QED) is 0.674. The number of aromatic nitrogens is 4. The summed E-state index contributed by atoms with van der Waals surface area (Å²) in [5, 5.41) is 11.4. The lowest BCUT2D eigenvalue weighted by molar-refractivity contribution is 0.0995. The SMILES string of the molecule is NC(=O)c1ccn(-c2ccc(N)nn2)n1. The van der Waals surface area contributed by atoms with E-state index < -0.39 is 5.91 Å². The van der Waals surface area contributed by atoms with Gasteiger partial charge in [-0.2, -0.15) is 5.10 Å². The maximum Gasteiger partial charge on any atom is 0.269 e. The Kier molecular flexibility index (Phi) is 2.05. The van der Waals surface area contributed by atoms with Gasteiger partial charge in [0, 0.05) is 6.20 Å². The summed E-state index contributed by atoms with van der Waals surface area (Å²) in [5.74, 6) is 0.204. The van der Waals surface area contributed by atoms with E-state index in [1.54, 1.807) is 18.3 Å². The monoisotopic (exact) mass is 204 g/mol. The molecule has 2 heterocycles. The molecule has 15 heavy (non-hydrogen) atoms. The van der Waals surface area contributed by atoms with Crippen LogP contribution in [-0.4, -0.2) is 25.9 Å². The molecule has 2 aromatic heterocycles. The summed E-state index contributed by atoms with van der Waals surface area (Å²) in [5.41, 5.74) is 10.6. The number of anilines is 1. The van der Waals surface area contributed by atoms with Crippen molar-refractivity contribution in [2.45, 2.75) is 0 Å². The average molecular weight is 204 g/mol. The zero-order chi connectivity index (χ0) is 10.8. The minimum Gasteiger partial charge on any atom is -0.382 e. The van der Waals surface area contributed by atoms with Crippen LogP contribution in [0, 0.1) is 0 Å².